The van der Waals surface area contributed by atoms with Gasteiger partial charge in [-0.15, -0.1) is 0 Å². The van der Waals surface area contributed by atoms with Crippen LogP contribution in [0.2, 0.25) is 0 Å². The van der Waals surface area contributed by atoms with E-state index in [4.69, 9.17) is 9.15 Å². The molecule has 0 bridgehead atoms. The second kappa shape index (κ2) is 10.8. The van der Waals surface area contributed by atoms with Crippen LogP contribution in [-0.2, 0) is 20.9 Å². The van der Waals surface area contributed by atoms with Crippen molar-refractivity contribution in [3.05, 3.63) is 83.8 Å². The number of carbonyl (C=O) groups is 4. The lowest BCUT2D eigenvalue weighted by Crippen LogP contribution is -2.44. The summed E-state index contributed by atoms with van der Waals surface area (Å²) in [6, 6.07) is 14.7. The van der Waals surface area contributed by atoms with Crippen LogP contribution in [0.15, 0.2) is 71.3 Å². The molecule has 10 nitrogen and oxygen atoms in total. The molecule has 4 rings (SSSR count). The molecule has 36 heavy (non-hydrogen) atoms. The van der Waals surface area contributed by atoms with E-state index in [-0.39, 0.29) is 13.0 Å². The smallest absolute Gasteiger partial charge is 0.322 e. The molecule has 0 spiro atoms. The number of nitrogens with zero attached hydrogens (tertiary/aromatic N) is 1. The number of urea groups is 1. The summed E-state index contributed by atoms with van der Waals surface area (Å²) >= 11 is 0. The molecule has 1 aliphatic heterocycles. The quantitative estimate of drug-likeness (QED) is 0.396. The number of methoxy groups -OCH3 is 1. The van der Waals surface area contributed by atoms with Crippen LogP contribution in [0.1, 0.15) is 29.3 Å². The minimum absolute atomic E-state index is 0.0251. The molecule has 2 heterocycles. The Labute approximate surface area is 207 Å². The van der Waals surface area contributed by atoms with E-state index in [1.807, 2.05) is 19.1 Å². The molecule has 0 radical (unpaired) electrons. The van der Waals surface area contributed by atoms with E-state index in [1.54, 1.807) is 55.6 Å². The molecule has 2 atom stereocenters. The number of anilines is 1. The van der Waals surface area contributed by atoms with Crippen molar-refractivity contribution in [3.63, 3.8) is 0 Å². The van der Waals surface area contributed by atoms with Gasteiger partial charge in [-0.25, -0.2) is 4.79 Å². The van der Waals surface area contributed by atoms with Gasteiger partial charge in [0.2, 0.25) is 5.91 Å². The zero-order chi connectivity index (χ0) is 25.7. The predicted molar refractivity (Wildman–Crippen MR) is 130 cm³/mol. The maximum atomic E-state index is 13.7. The van der Waals surface area contributed by atoms with E-state index < -0.39 is 35.8 Å². The Bertz CT molecular complexity index is 1240. The van der Waals surface area contributed by atoms with Crippen LogP contribution in [0.3, 0.4) is 0 Å². The van der Waals surface area contributed by atoms with Crippen molar-refractivity contribution in [1.29, 1.82) is 0 Å². The van der Waals surface area contributed by atoms with E-state index in [9.17, 15) is 19.2 Å². The SMILES string of the molecule is COc1ccc(NC(=O)[C@H](c2ccc(C)cc2)N(Cc2ccco2)C(=O)C[C@H]2NC(=O)NC2=O)cc1. The zero-order valence-corrected chi connectivity index (χ0v) is 19.8. The third-order valence-corrected chi connectivity index (χ3v) is 5.77. The average molecular weight is 491 g/mol. The van der Waals surface area contributed by atoms with Crippen molar-refractivity contribution in [3.8, 4) is 5.75 Å². The highest BCUT2D eigenvalue weighted by molar-refractivity contribution is 6.06. The molecule has 1 aliphatic rings. The van der Waals surface area contributed by atoms with Gasteiger partial charge in [0, 0.05) is 5.69 Å². The molecule has 1 fully saturated rings. The number of amides is 5. The zero-order valence-electron chi connectivity index (χ0n) is 19.8. The highest BCUT2D eigenvalue weighted by Crippen LogP contribution is 2.27. The molecule has 3 aromatic rings. The van der Waals surface area contributed by atoms with Gasteiger partial charge in [-0.05, 0) is 48.9 Å². The van der Waals surface area contributed by atoms with Crippen LogP contribution in [0.4, 0.5) is 10.5 Å². The summed E-state index contributed by atoms with van der Waals surface area (Å²) in [5, 5.41) is 7.42. The van der Waals surface area contributed by atoms with Crippen LogP contribution >= 0.6 is 0 Å². The number of benzene rings is 2. The molecule has 10 heteroatoms. The van der Waals surface area contributed by atoms with Crippen LogP contribution in [-0.4, -0.2) is 41.8 Å². The molecule has 0 saturated carbocycles. The standard InChI is InChI=1S/C26H26N4O6/c1-16-5-7-17(8-6-16)23(25(33)27-18-9-11-19(35-2)12-10-18)30(15-20-4-3-13-36-20)22(31)14-21-24(32)29-26(34)28-21/h3-13,21,23H,14-15H2,1-2H3,(H,27,33)(H2,28,29,32,34)/t21-,23+/m1/s1. The van der Waals surface area contributed by atoms with Crippen molar-refractivity contribution in [2.75, 3.05) is 12.4 Å². The summed E-state index contributed by atoms with van der Waals surface area (Å²) < 4.78 is 10.6. The topological polar surface area (TPSA) is 130 Å². The van der Waals surface area contributed by atoms with Crippen LogP contribution in [0, 0.1) is 6.92 Å². The molecule has 3 N–H and O–H groups in total. The number of hydrogen-bond donors (Lipinski definition) is 3. The highest BCUT2D eigenvalue weighted by atomic mass is 16.5. The van der Waals surface area contributed by atoms with Crippen molar-refractivity contribution in [1.82, 2.24) is 15.5 Å². The van der Waals surface area contributed by atoms with Gasteiger partial charge in [0.25, 0.3) is 11.8 Å². The molecule has 0 aliphatic carbocycles. The predicted octanol–water partition coefficient (Wildman–Crippen LogP) is 2.90. The van der Waals surface area contributed by atoms with Crippen molar-refractivity contribution >= 4 is 29.4 Å². The Morgan fingerprint density at radius 2 is 1.81 bits per heavy atom. The highest BCUT2D eigenvalue weighted by Gasteiger charge is 2.37. The Balaban J connectivity index is 1.68. The Hall–Kier alpha value is -4.60. The van der Waals surface area contributed by atoms with Crippen LogP contribution in [0.25, 0.3) is 0 Å². The number of aryl methyl sites for hydroxylation is 1. The first kappa shape index (κ1) is 24.5. The van der Waals surface area contributed by atoms with Crippen molar-refractivity contribution in [2.45, 2.75) is 32.0 Å². The number of ether oxygens (including phenoxy) is 1. The first-order valence-corrected chi connectivity index (χ1v) is 11.3. The Morgan fingerprint density at radius 3 is 2.39 bits per heavy atom. The molecular weight excluding hydrogens is 464 g/mol. The first-order valence-electron chi connectivity index (χ1n) is 11.3. The van der Waals surface area contributed by atoms with Gasteiger partial charge in [-0.1, -0.05) is 29.8 Å². The van der Waals surface area contributed by atoms with Gasteiger partial charge in [0.15, 0.2) is 0 Å². The van der Waals surface area contributed by atoms with E-state index in [0.29, 0.717) is 22.8 Å². The van der Waals surface area contributed by atoms with Crippen molar-refractivity contribution in [2.24, 2.45) is 0 Å². The van der Waals surface area contributed by atoms with E-state index in [0.717, 1.165) is 5.56 Å². The maximum Gasteiger partial charge on any atom is 0.322 e. The lowest BCUT2D eigenvalue weighted by atomic mass is 10.0. The van der Waals surface area contributed by atoms with Gasteiger partial charge in [0.05, 0.1) is 26.3 Å². The fourth-order valence-electron chi connectivity index (χ4n) is 3.89. The fourth-order valence-corrected chi connectivity index (χ4v) is 3.89. The summed E-state index contributed by atoms with van der Waals surface area (Å²) in [4.78, 5) is 52.2. The first-order chi connectivity index (χ1) is 17.3. The number of furan rings is 1. The Kier molecular flexibility index (Phi) is 7.33. The molecule has 186 valence electrons. The lowest BCUT2D eigenvalue weighted by molar-refractivity contribution is -0.141. The minimum atomic E-state index is -1.05. The molecule has 0 unspecified atom stereocenters. The largest absolute Gasteiger partial charge is 0.497 e. The van der Waals surface area contributed by atoms with E-state index in [2.05, 4.69) is 16.0 Å². The number of hydrogen-bond acceptors (Lipinski definition) is 6. The maximum absolute atomic E-state index is 13.7. The second-order valence-electron chi connectivity index (χ2n) is 8.35. The van der Waals surface area contributed by atoms with Gasteiger partial charge in [-0.2, -0.15) is 0 Å². The number of carbonyl (C=O) groups excluding carboxylic acids is 4. The van der Waals surface area contributed by atoms with Crippen LogP contribution < -0.4 is 20.7 Å². The molecular formula is C26H26N4O6. The summed E-state index contributed by atoms with van der Waals surface area (Å²) in [7, 11) is 1.55. The summed E-state index contributed by atoms with van der Waals surface area (Å²) in [5.41, 5.74) is 2.08. The normalized spacial score (nSPS) is 15.6. The molecule has 5 amide bonds. The lowest BCUT2D eigenvalue weighted by Gasteiger charge is -2.31. The number of imide groups is 1. The summed E-state index contributed by atoms with van der Waals surface area (Å²) in [6.45, 7) is 1.89. The molecule has 2 aromatic carbocycles. The third-order valence-electron chi connectivity index (χ3n) is 5.77. The van der Waals surface area contributed by atoms with Crippen LogP contribution in [0.5, 0.6) is 5.75 Å². The molecule has 1 aromatic heterocycles. The van der Waals surface area contributed by atoms with E-state index >= 15 is 0 Å². The summed E-state index contributed by atoms with van der Waals surface area (Å²) in [6.07, 6.45) is 1.15. The van der Waals surface area contributed by atoms with Gasteiger partial charge >= 0.3 is 6.03 Å². The second-order valence-corrected chi connectivity index (χ2v) is 8.35. The monoisotopic (exact) mass is 490 g/mol. The van der Waals surface area contributed by atoms with Gasteiger partial charge in [0.1, 0.15) is 23.6 Å². The summed E-state index contributed by atoms with van der Waals surface area (Å²) in [5.74, 6) is -0.471. The van der Waals surface area contributed by atoms with Gasteiger partial charge < -0.3 is 24.7 Å². The van der Waals surface area contributed by atoms with Crippen molar-refractivity contribution < 1.29 is 28.3 Å². The number of rotatable bonds is 9. The molecule has 1 saturated heterocycles. The average Bonchev–Trinajstić information content (AvgIpc) is 3.49. The fraction of sp³-hybridized carbons (Fsp3) is 0.231. The minimum Gasteiger partial charge on any atom is -0.497 e. The number of nitrogens with one attached hydrogen (secondary N) is 3. The van der Waals surface area contributed by atoms with Gasteiger partial charge in [-0.3, -0.25) is 19.7 Å². The Morgan fingerprint density at radius 1 is 1.08 bits per heavy atom. The third kappa shape index (κ3) is 5.72. The van der Waals surface area contributed by atoms with E-state index in [1.165, 1.54) is 11.2 Å².